The molecule has 0 fully saturated rings. The van der Waals surface area contributed by atoms with Crippen LogP contribution >= 0.6 is 23.2 Å². The van der Waals surface area contributed by atoms with Crippen LogP contribution in [-0.2, 0) is 0 Å². The predicted octanol–water partition coefficient (Wildman–Crippen LogP) is 4.21. The lowest BCUT2D eigenvalue weighted by Gasteiger charge is -2.19. The summed E-state index contributed by atoms with van der Waals surface area (Å²) >= 11 is 12.2. The second-order valence-electron chi connectivity index (χ2n) is 5.83. The average Bonchev–Trinajstić information content (AvgIpc) is 2.67. The lowest BCUT2D eigenvalue weighted by atomic mass is 10.1. The lowest BCUT2D eigenvalue weighted by Crippen LogP contribution is -2.14. The first-order valence-corrected chi connectivity index (χ1v) is 8.78. The Labute approximate surface area is 170 Å². The molecule has 0 aliphatic carbocycles. The minimum Gasteiger partial charge on any atom is -0.482 e. The monoisotopic (exact) mass is 419 g/mol. The number of nitrogens with two attached hydrogens (primary N) is 2. The summed E-state index contributed by atoms with van der Waals surface area (Å²) in [5.41, 5.74) is 12.5. The molecule has 143 valence electrons. The molecule has 4 N–H and O–H groups in total. The highest BCUT2D eigenvalue weighted by molar-refractivity contribution is 6.36. The van der Waals surface area contributed by atoms with E-state index in [0.717, 1.165) is 0 Å². The van der Waals surface area contributed by atoms with E-state index in [1.807, 2.05) is 0 Å². The molecule has 0 bridgehead atoms. The molecule has 0 saturated heterocycles. The zero-order valence-corrected chi connectivity index (χ0v) is 16.1. The van der Waals surface area contributed by atoms with Gasteiger partial charge in [0.2, 0.25) is 0 Å². The summed E-state index contributed by atoms with van der Waals surface area (Å²) in [6.45, 7) is 1.65. The molecule has 3 rings (SSSR count). The number of hydrogen-bond acceptors (Lipinski definition) is 5. The number of nitrogens with zero attached hydrogens (tertiary/aromatic N) is 2. The molecule has 1 aromatic carbocycles. The largest absolute Gasteiger partial charge is 0.482 e. The number of aromatic nitrogens is 2. The Bertz CT molecular complexity index is 1060. The molecule has 1 unspecified atom stereocenters. The van der Waals surface area contributed by atoms with Crippen molar-refractivity contribution >= 4 is 34.9 Å². The van der Waals surface area contributed by atoms with E-state index in [9.17, 15) is 9.18 Å². The van der Waals surface area contributed by atoms with Crippen LogP contribution in [0.2, 0.25) is 10.0 Å². The van der Waals surface area contributed by atoms with Crippen LogP contribution in [-0.4, -0.2) is 15.9 Å². The normalized spacial score (nSPS) is 11.9. The Hall–Kier alpha value is -2.90. The fourth-order valence-electron chi connectivity index (χ4n) is 2.64. The summed E-state index contributed by atoms with van der Waals surface area (Å²) < 4.78 is 19.6. The summed E-state index contributed by atoms with van der Waals surface area (Å²) in [7, 11) is 0. The molecule has 0 saturated carbocycles. The van der Waals surface area contributed by atoms with Gasteiger partial charge in [0.25, 0.3) is 5.91 Å². The van der Waals surface area contributed by atoms with Gasteiger partial charge in [-0.1, -0.05) is 23.2 Å². The van der Waals surface area contributed by atoms with Crippen LogP contribution in [0.4, 0.5) is 10.2 Å². The van der Waals surface area contributed by atoms with Gasteiger partial charge in [-0.3, -0.25) is 4.79 Å². The number of amides is 1. The van der Waals surface area contributed by atoms with Crippen molar-refractivity contribution in [3.05, 3.63) is 69.8 Å². The number of primary amides is 1. The van der Waals surface area contributed by atoms with Crippen molar-refractivity contribution in [3.63, 3.8) is 0 Å². The minimum atomic E-state index is -0.729. The number of carbonyl (C=O) groups is 1. The number of benzene rings is 1. The van der Waals surface area contributed by atoms with Crippen molar-refractivity contribution in [1.82, 2.24) is 9.97 Å². The standard InChI is InChI=1S/C19H14Cl2FN4O2/c1-9(15-12(20)4-5-13(22)16(15)21)28-14-7-10(8-26-18(14)23)11-3-2-6-25-17(11)19(24)27/h2-5,7-9H,1H3,(H2,23,26)(H2,24,27). The van der Waals surface area contributed by atoms with Gasteiger partial charge in [0.15, 0.2) is 11.6 Å². The first-order chi connectivity index (χ1) is 13.3. The number of hydrogen-bond donors (Lipinski definition) is 2. The first-order valence-electron chi connectivity index (χ1n) is 8.02. The Morgan fingerprint density at radius 3 is 2.79 bits per heavy atom. The SMILES string of the molecule is CC(Oc1cc(-c2cc[c]nc2C(N)=O)cnc1N)c1c(Cl)ccc(F)c1Cl. The molecule has 1 amide bonds. The van der Waals surface area contributed by atoms with Gasteiger partial charge in [0.1, 0.15) is 17.6 Å². The van der Waals surface area contributed by atoms with Crippen LogP contribution in [0.25, 0.3) is 11.1 Å². The van der Waals surface area contributed by atoms with Crippen LogP contribution in [0.5, 0.6) is 5.75 Å². The number of rotatable bonds is 5. The fraction of sp³-hybridized carbons (Fsp3) is 0.105. The molecule has 0 aliphatic heterocycles. The number of halogens is 3. The van der Waals surface area contributed by atoms with Crippen molar-refractivity contribution in [1.29, 1.82) is 0 Å². The molecular formula is C19H14Cl2FN4O2. The van der Waals surface area contributed by atoms with Gasteiger partial charge >= 0.3 is 0 Å². The van der Waals surface area contributed by atoms with E-state index in [0.29, 0.717) is 11.1 Å². The molecule has 3 aromatic rings. The third-order valence-electron chi connectivity index (χ3n) is 3.97. The van der Waals surface area contributed by atoms with Gasteiger partial charge in [0.05, 0.1) is 11.2 Å². The van der Waals surface area contributed by atoms with E-state index in [1.165, 1.54) is 24.4 Å². The summed E-state index contributed by atoms with van der Waals surface area (Å²) in [6, 6.07) is 7.29. The maximum atomic E-state index is 13.8. The molecule has 0 spiro atoms. The number of nitrogen functional groups attached to an aromatic ring is 1. The summed E-state index contributed by atoms with van der Waals surface area (Å²) in [5.74, 6) is -1.04. The quantitative estimate of drug-likeness (QED) is 0.602. The van der Waals surface area contributed by atoms with Crippen molar-refractivity contribution in [3.8, 4) is 16.9 Å². The fourth-order valence-corrected chi connectivity index (χ4v) is 3.32. The minimum absolute atomic E-state index is 0.0317. The number of anilines is 1. The van der Waals surface area contributed by atoms with Gasteiger partial charge in [0, 0.05) is 27.9 Å². The highest BCUT2D eigenvalue weighted by atomic mass is 35.5. The van der Waals surface area contributed by atoms with Crippen LogP contribution in [0.1, 0.15) is 29.1 Å². The maximum Gasteiger partial charge on any atom is 0.267 e. The van der Waals surface area contributed by atoms with Gasteiger partial charge < -0.3 is 16.2 Å². The van der Waals surface area contributed by atoms with Crippen LogP contribution in [0, 0.1) is 12.0 Å². The summed E-state index contributed by atoms with van der Waals surface area (Å²) in [6.07, 6.45) is 3.29. The molecule has 28 heavy (non-hydrogen) atoms. The zero-order valence-electron chi connectivity index (χ0n) is 14.5. The summed E-state index contributed by atoms with van der Waals surface area (Å²) in [4.78, 5) is 19.6. The second-order valence-corrected chi connectivity index (χ2v) is 6.61. The smallest absolute Gasteiger partial charge is 0.267 e. The predicted molar refractivity (Wildman–Crippen MR) is 105 cm³/mol. The van der Waals surface area contributed by atoms with Crippen molar-refractivity contribution < 1.29 is 13.9 Å². The molecule has 1 radical (unpaired) electrons. The lowest BCUT2D eigenvalue weighted by molar-refractivity contribution is 0.0996. The molecule has 9 heteroatoms. The number of ether oxygens (including phenoxy) is 1. The van der Waals surface area contributed by atoms with E-state index in [2.05, 4.69) is 16.2 Å². The number of pyridine rings is 2. The Balaban J connectivity index is 2.00. The third-order valence-corrected chi connectivity index (χ3v) is 4.69. The maximum absolute atomic E-state index is 13.8. The molecule has 1 atom stereocenters. The van der Waals surface area contributed by atoms with E-state index in [4.69, 9.17) is 39.4 Å². The molecule has 6 nitrogen and oxygen atoms in total. The Morgan fingerprint density at radius 1 is 1.32 bits per heavy atom. The van der Waals surface area contributed by atoms with Crippen LogP contribution in [0.15, 0.2) is 36.5 Å². The Kier molecular flexibility index (Phi) is 5.67. The van der Waals surface area contributed by atoms with E-state index in [1.54, 1.807) is 19.1 Å². The average molecular weight is 420 g/mol. The van der Waals surface area contributed by atoms with Crippen molar-refractivity contribution in [2.45, 2.75) is 13.0 Å². The molecular weight excluding hydrogens is 406 g/mol. The van der Waals surface area contributed by atoms with Gasteiger partial charge in [-0.15, -0.1) is 0 Å². The van der Waals surface area contributed by atoms with E-state index >= 15 is 0 Å². The van der Waals surface area contributed by atoms with Crippen molar-refractivity contribution in [2.75, 3.05) is 5.73 Å². The first kappa shape index (κ1) is 19.9. The topological polar surface area (TPSA) is 104 Å². The second kappa shape index (κ2) is 8.00. The molecule has 0 aliphatic rings. The highest BCUT2D eigenvalue weighted by Crippen LogP contribution is 2.37. The van der Waals surface area contributed by atoms with Gasteiger partial charge in [-0.2, -0.15) is 0 Å². The van der Waals surface area contributed by atoms with Crippen molar-refractivity contribution in [2.24, 2.45) is 5.73 Å². The van der Waals surface area contributed by atoms with Crippen LogP contribution < -0.4 is 16.2 Å². The van der Waals surface area contributed by atoms with Gasteiger partial charge in [-0.05, 0) is 37.3 Å². The summed E-state index contributed by atoms with van der Waals surface area (Å²) in [5, 5.41) is 0.113. The van der Waals surface area contributed by atoms with E-state index < -0.39 is 17.8 Å². The molecule has 2 heterocycles. The third kappa shape index (κ3) is 3.85. The Morgan fingerprint density at radius 2 is 2.07 bits per heavy atom. The van der Waals surface area contributed by atoms with Crippen LogP contribution in [0.3, 0.4) is 0 Å². The highest BCUT2D eigenvalue weighted by Gasteiger charge is 2.20. The number of carbonyl (C=O) groups excluding carboxylic acids is 1. The van der Waals surface area contributed by atoms with E-state index in [-0.39, 0.29) is 32.9 Å². The molecule has 2 aromatic heterocycles. The van der Waals surface area contributed by atoms with Gasteiger partial charge in [-0.25, -0.2) is 14.4 Å². The zero-order chi connectivity index (χ0) is 20.4.